The summed E-state index contributed by atoms with van der Waals surface area (Å²) < 4.78 is 28.2. The molecule has 0 aliphatic carbocycles. The lowest BCUT2D eigenvalue weighted by Gasteiger charge is -2.43. The fourth-order valence-electron chi connectivity index (χ4n) is 2.62. The average Bonchev–Trinajstić information content (AvgIpc) is 2.20. The second kappa shape index (κ2) is 2.70. The minimum atomic E-state index is -2.79. The molecule has 76 valence electrons. The first-order valence-corrected chi connectivity index (χ1v) is 6.56. The lowest BCUT2D eigenvalue weighted by Crippen LogP contribution is -2.49. The molecule has 0 amide bonds. The first-order valence-electron chi connectivity index (χ1n) is 4.73. The fourth-order valence-corrected chi connectivity index (χ4v) is 5.28. The molecule has 13 heavy (non-hydrogen) atoms. The van der Waals surface area contributed by atoms with Crippen LogP contribution in [0, 0.1) is 17.3 Å². The molecule has 3 nitrogen and oxygen atoms in total. The SMILES string of the molecule is CC(C)[C@@H]1CS(=O)(=O)CC12COC2. The number of hydrogen-bond donors (Lipinski definition) is 0. The molecule has 0 aromatic rings. The minimum absolute atomic E-state index is 0.0208. The molecule has 1 atom stereocenters. The number of hydrogen-bond acceptors (Lipinski definition) is 3. The molecule has 0 aromatic carbocycles. The third kappa shape index (κ3) is 1.40. The topological polar surface area (TPSA) is 43.4 Å². The lowest BCUT2D eigenvalue weighted by atomic mass is 9.71. The van der Waals surface area contributed by atoms with Crippen LogP contribution in [0.2, 0.25) is 0 Å². The molecular weight excluding hydrogens is 188 g/mol. The van der Waals surface area contributed by atoms with Gasteiger partial charge in [0.25, 0.3) is 0 Å². The molecule has 0 N–H and O–H groups in total. The molecular formula is C9H16O3S. The summed E-state index contributed by atoms with van der Waals surface area (Å²) in [5, 5.41) is 0. The lowest BCUT2D eigenvalue weighted by molar-refractivity contribution is -0.130. The summed E-state index contributed by atoms with van der Waals surface area (Å²) >= 11 is 0. The maximum Gasteiger partial charge on any atom is 0.151 e. The molecule has 1 spiro atoms. The van der Waals surface area contributed by atoms with Crippen LogP contribution in [0.4, 0.5) is 0 Å². The highest BCUT2D eigenvalue weighted by molar-refractivity contribution is 7.91. The van der Waals surface area contributed by atoms with Crippen molar-refractivity contribution in [3.05, 3.63) is 0 Å². The van der Waals surface area contributed by atoms with Gasteiger partial charge in [-0.1, -0.05) is 13.8 Å². The van der Waals surface area contributed by atoms with Crippen LogP contribution in [0.5, 0.6) is 0 Å². The van der Waals surface area contributed by atoms with Crippen molar-refractivity contribution in [3.63, 3.8) is 0 Å². The zero-order valence-electron chi connectivity index (χ0n) is 8.12. The third-order valence-corrected chi connectivity index (χ3v) is 5.19. The number of ether oxygens (including phenoxy) is 1. The molecule has 0 bridgehead atoms. The van der Waals surface area contributed by atoms with E-state index in [0.29, 0.717) is 36.6 Å². The van der Waals surface area contributed by atoms with E-state index in [1.54, 1.807) is 0 Å². The quantitative estimate of drug-likeness (QED) is 0.631. The van der Waals surface area contributed by atoms with E-state index < -0.39 is 9.84 Å². The molecule has 0 aromatic heterocycles. The summed E-state index contributed by atoms with van der Waals surface area (Å²) in [6, 6.07) is 0. The van der Waals surface area contributed by atoms with E-state index in [9.17, 15) is 8.42 Å². The van der Waals surface area contributed by atoms with Gasteiger partial charge in [-0.15, -0.1) is 0 Å². The molecule has 2 aliphatic rings. The van der Waals surface area contributed by atoms with Gasteiger partial charge < -0.3 is 4.74 Å². The second-order valence-corrected chi connectivity index (χ2v) is 6.87. The van der Waals surface area contributed by atoms with Crippen LogP contribution in [-0.4, -0.2) is 33.1 Å². The summed E-state index contributed by atoms with van der Waals surface area (Å²) in [5.41, 5.74) is -0.0208. The van der Waals surface area contributed by atoms with Crippen LogP contribution in [-0.2, 0) is 14.6 Å². The molecule has 2 heterocycles. The van der Waals surface area contributed by atoms with Crippen molar-refractivity contribution < 1.29 is 13.2 Å². The normalized spacial score (nSPS) is 35.2. The molecule has 0 saturated carbocycles. The molecule has 2 rings (SSSR count). The van der Waals surface area contributed by atoms with Crippen molar-refractivity contribution in [2.45, 2.75) is 13.8 Å². The van der Waals surface area contributed by atoms with Crippen LogP contribution >= 0.6 is 0 Å². The Hall–Kier alpha value is -0.0900. The van der Waals surface area contributed by atoms with Gasteiger partial charge in [-0.05, 0) is 11.8 Å². The Kier molecular flexibility index (Phi) is 1.97. The Balaban J connectivity index is 2.27. The van der Waals surface area contributed by atoms with E-state index in [4.69, 9.17) is 4.74 Å². The van der Waals surface area contributed by atoms with Crippen molar-refractivity contribution in [2.75, 3.05) is 24.7 Å². The Morgan fingerprint density at radius 2 is 2.00 bits per heavy atom. The van der Waals surface area contributed by atoms with Crippen LogP contribution in [0.15, 0.2) is 0 Å². The molecule has 2 fully saturated rings. The molecule has 0 radical (unpaired) electrons. The van der Waals surface area contributed by atoms with Gasteiger partial charge in [0.15, 0.2) is 9.84 Å². The van der Waals surface area contributed by atoms with Gasteiger partial charge in [0.2, 0.25) is 0 Å². The number of rotatable bonds is 1. The van der Waals surface area contributed by atoms with Gasteiger partial charge in [0, 0.05) is 5.41 Å². The number of sulfone groups is 1. The van der Waals surface area contributed by atoms with Crippen molar-refractivity contribution in [3.8, 4) is 0 Å². The van der Waals surface area contributed by atoms with Crippen LogP contribution in [0.25, 0.3) is 0 Å². The van der Waals surface area contributed by atoms with E-state index in [0.717, 1.165) is 0 Å². The molecule has 4 heteroatoms. The minimum Gasteiger partial charge on any atom is -0.380 e. The summed E-state index contributed by atoms with van der Waals surface area (Å²) in [4.78, 5) is 0. The Morgan fingerprint density at radius 3 is 2.31 bits per heavy atom. The Bertz CT molecular complexity index is 301. The molecule has 2 aliphatic heterocycles. The Labute approximate surface area is 79.4 Å². The van der Waals surface area contributed by atoms with Crippen molar-refractivity contribution in [1.29, 1.82) is 0 Å². The zero-order chi connectivity index (χ0) is 9.69. The summed E-state index contributed by atoms with van der Waals surface area (Å²) in [6.45, 7) is 5.50. The van der Waals surface area contributed by atoms with Crippen molar-refractivity contribution >= 4 is 9.84 Å². The van der Waals surface area contributed by atoms with Gasteiger partial charge in [-0.3, -0.25) is 0 Å². The molecule has 2 saturated heterocycles. The maximum atomic E-state index is 11.5. The zero-order valence-corrected chi connectivity index (χ0v) is 8.93. The van der Waals surface area contributed by atoms with Gasteiger partial charge in [0.05, 0.1) is 24.7 Å². The first kappa shape index (κ1) is 9.46. The van der Waals surface area contributed by atoms with E-state index >= 15 is 0 Å². The maximum absolute atomic E-state index is 11.5. The summed E-state index contributed by atoms with van der Waals surface area (Å²) in [6.07, 6.45) is 0. The first-order chi connectivity index (χ1) is 5.95. The Morgan fingerprint density at radius 1 is 1.38 bits per heavy atom. The van der Waals surface area contributed by atoms with E-state index in [2.05, 4.69) is 13.8 Å². The average molecular weight is 204 g/mol. The van der Waals surface area contributed by atoms with Crippen molar-refractivity contribution in [2.24, 2.45) is 17.3 Å². The van der Waals surface area contributed by atoms with Crippen LogP contribution < -0.4 is 0 Å². The van der Waals surface area contributed by atoms with E-state index in [1.165, 1.54) is 0 Å². The largest absolute Gasteiger partial charge is 0.380 e. The van der Waals surface area contributed by atoms with Crippen LogP contribution in [0.3, 0.4) is 0 Å². The van der Waals surface area contributed by atoms with Crippen molar-refractivity contribution in [1.82, 2.24) is 0 Å². The smallest absolute Gasteiger partial charge is 0.151 e. The molecule has 0 unspecified atom stereocenters. The standard InChI is InChI=1S/C9H16O3S/c1-7(2)8-3-13(10,11)6-9(8)4-12-5-9/h7-8H,3-6H2,1-2H3/t8-/m0/s1. The van der Waals surface area contributed by atoms with E-state index in [1.807, 2.05) is 0 Å². The van der Waals surface area contributed by atoms with E-state index in [-0.39, 0.29) is 5.41 Å². The predicted molar refractivity (Wildman–Crippen MR) is 50.2 cm³/mol. The summed E-state index contributed by atoms with van der Waals surface area (Å²) in [7, 11) is -2.79. The predicted octanol–water partition coefficient (Wildman–Crippen LogP) is 0.704. The van der Waals surface area contributed by atoms with Crippen LogP contribution in [0.1, 0.15) is 13.8 Å². The highest BCUT2D eigenvalue weighted by Gasteiger charge is 2.55. The van der Waals surface area contributed by atoms with Gasteiger partial charge in [0.1, 0.15) is 0 Å². The third-order valence-electron chi connectivity index (χ3n) is 3.31. The fraction of sp³-hybridized carbons (Fsp3) is 1.00. The highest BCUT2D eigenvalue weighted by atomic mass is 32.2. The monoisotopic (exact) mass is 204 g/mol. The highest BCUT2D eigenvalue weighted by Crippen LogP contribution is 2.46. The second-order valence-electron chi connectivity index (χ2n) is 4.76. The van der Waals surface area contributed by atoms with Gasteiger partial charge in [-0.25, -0.2) is 8.42 Å². The van der Waals surface area contributed by atoms with Gasteiger partial charge in [-0.2, -0.15) is 0 Å². The van der Waals surface area contributed by atoms with Gasteiger partial charge >= 0.3 is 0 Å². The summed E-state index contributed by atoms with van der Waals surface area (Å²) in [5.74, 6) is 1.48.